The number of carbonyl (C=O) groups is 1. The van der Waals surface area contributed by atoms with Gasteiger partial charge in [0.05, 0.1) is 12.3 Å². The zero-order valence-corrected chi connectivity index (χ0v) is 12.7. The van der Waals surface area contributed by atoms with Gasteiger partial charge in [-0.2, -0.15) is 0 Å². The number of nitrogens with one attached hydrogen (secondary N) is 2. The zero-order valence-electron chi connectivity index (χ0n) is 11.9. The topological polar surface area (TPSA) is 50.4 Å². The van der Waals surface area contributed by atoms with Crippen LogP contribution in [0.1, 0.15) is 26.7 Å². The number of piperidine rings is 1. The zero-order chi connectivity index (χ0) is 14.5. The van der Waals surface area contributed by atoms with E-state index in [1.54, 1.807) is 18.2 Å². The third kappa shape index (κ3) is 3.87. The van der Waals surface area contributed by atoms with Crippen LogP contribution in [0.4, 0.5) is 5.69 Å². The third-order valence-corrected chi connectivity index (χ3v) is 3.73. The van der Waals surface area contributed by atoms with Gasteiger partial charge in [-0.1, -0.05) is 11.6 Å². The summed E-state index contributed by atoms with van der Waals surface area (Å²) in [5.74, 6) is 0.744. The molecule has 0 saturated carbocycles. The Labute approximate surface area is 124 Å². The number of ether oxygens (including phenoxy) is 1. The van der Waals surface area contributed by atoms with E-state index in [9.17, 15) is 4.79 Å². The van der Waals surface area contributed by atoms with E-state index in [-0.39, 0.29) is 11.8 Å². The molecule has 0 aromatic heterocycles. The van der Waals surface area contributed by atoms with E-state index >= 15 is 0 Å². The van der Waals surface area contributed by atoms with Crippen LogP contribution in [-0.2, 0) is 4.79 Å². The molecule has 1 heterocycles. The van der Waals surface area contributed by atoms with Crippen LogP contribution in [0.25, 0.3) is 0 Å². The summed E-state index contributed by atoms with van der Waals surface area (Å²) in [6, 6.07) is 5.65. The SMILES string of the molecule is CCOc1ccc(Cl)cc1NC(=O)C1CCNC(C)C1. The maximum atomic E-state index is 12.3. The van der Waals surface area contributed by atoms with E-state index in [1.165, 1.54) is 0 Å². The second kappa shape index (κ2) is 6.95. The summed E-state index contributed by atoms with van der Waals surface area (Å²) in [5, 5.41) is 6.88. The monoisotopic (exact) mass is 296 g/mol. The lowest BCUT2D eigenvalue weighted by Gasteiger charge is -2.27. The Morgan fingerprint density at radius 1 is 1.55 bits per heavy atom. The van der Waals surface area contributed by atoms with Gasteiger partial charge in [0.25, 0.3) is 0 Å². The van der Waals surface area contributed by atoms with Gasteiger partial charge in [-0.05, 0) is 51.4 Å². The van der Waals surface area contributed by atoms with Crippen LogP contribution >= 0.6 is 11.6 Å². The van der Waals surface area contributed by atoms with E-state index in [2.05, 4.69) is 17.6 Å². The lowest BCUT2D eigenvalue weighted by atomic mass is 9.92. The number of hydrogen-bond acceptors (Lipinski definition) is 3. The number of benzene rings is 1. The highest BCUT2D eigenvalue weighted by atomic mass is 35.5. The minimum absolute atomic E-state index is 0.0414. The predicted octanol–water partition coefficient (Wildman–Crippen LogP) is 3.07. The highest BCUT2D eigenvalue weighted by Crippen LogP contribution is 2.29. The second-order valence-corrected chi connectivity index (χ2v) is 5.58. The van der Waals surface area contributed by atoms with Crippen LogP contribution in [0, 0.1) is 5.92 Å². The molecule has 1 aromatic rings. The first kappa shape index (κ1) is 15.1. The second-order valence-electron chi connectivity index (χ2n) is 5.14. The summed E-state index contributed by atoms with van der Waals surface area (Å²) >= 11 is 5.99. The summed E-state index contributed by atoms with van der Waals surface area (Å²) in [4.78, 5) is 12.3. The van der Waals surface area contributed by atoms with Gasteiger partial charge in [0.15, 0.2) is 0 Å². The van der Waals surface area contributed by atoms with Crippen molar-refractivity contribution in [3.05, 3.63) is 23.2 Å². The first-order valence-electron chi connectivity index (χ1n) is 7.06. The van der Waals surface area contributed by atoms with Crippen LogP contribution < -0.4 is 15.4 Å². The first-order valence-corrected chi connectivity index (χ1v) is 7.44. The van der Waals surface area contributed by atoms with Gasteiger partial charge in [0, 0.05) is 17.0 Å². The molecule has 110 valence electrons. The quantitative estimate of drug-likeness (QED) is 0.898. The first-order chi connectivity index (χ1) is 9.60. The van der Waals surface area contributed by atoms with Gasteiger partial charge in [-0.15, -0.1) is 0 Å². The van der Waals surface area contributed by atoms with Crippen molar-refractivity contribution in [2.75, 3.05) is 18.5 Å². The Balaban J connectivity index is 2.08. The normalized spacial score (nSPS) is 22.4. The Kier molecular flexibility index (Phi) is 5.26. The van der Waals surface area contributed by atoms with Gasteiger partial charge in [0.2, 0.25) is 5.91 Å². The van der Waals surface area contributed by atoms with Crippen LogP contribution in [0.3, 0.4) is 0 Å². The van der Waals surface area contributed by atoms with Crippen molar-refractivity contribution in [2.24, 2.45) is 5.92 Å². The average Bonchev–Trinajstić information content (AvgIpc) is 2.42. The van der Waals surface area contributed by atoms with E-state index in [0.29, 0.717) is 29.1 Å². The fraction of sp³-hybridized carbons (Fsp3) is 0.533. The van der Waals surface area contributed by atoms with Crippen LogP contribution in [0.5, 0.6) is 5.75 Å². The number of hydrogen-bond donors (Lipinski definition) is 2. The molecule has 4 nitrogen and oxygen atoms in total. The highest BCUT2D eigenvalue weighted by molar-refractivity contribution is 6.31. The molecule has 1 amide bonds. The molecular weight excluding hydrogens is 276 g/mol. The summed E-state index contributed by atoms with van der Waals surface area (Å²) in [7, 11) is 0. The highest BCUT2D eigenvalue weighted by Gasteiger charge is 2.25. The molecule has 1 aliphatic heterocycles. The number of rotatable bonds is 4. The van der Waals surface area contributed by atoms with Crippen molar-refractivity contribution in [1.29, 1.82) is 0 Å². The molecule has 1 saturated heterocycles. The molecule has 5 heteroatoms. The van der Waals surface area contributed by atoms with Gasteiger partial charge in [-0.3, -0.25) is 4.79 Å². The molecule has 2 N–H and O–H groups in total. The number of halogens is 1. The van der Waals surface area contributed by atoms with Gasteiger partial charge in [-0.25, -0.2) is 0 Å². The van der Waals surface area contributed by atoms with Gasteiger partial charge < -0.3 is 15.4 Å². The van der Waals surface area contributed by atoms with E-state index in [1.807, 2.05) is 6.92 Å². The van der Waals surface area contributed by atoms with Crippen molar-refractivity contribution in [1.82, 2.24) is 5.32 Å². The number of amides is 1. The molecule has 2 unspecified atom stereocenters. The Morgan fingerprint density at radius 2 is 2.35 bits per heavy atom. The van der Waals surface area contributed by atoms with E-state index in [4.69, 9.17) is 16.3 Å². The smallest absolute Gasteiger partial charge is 0.227 e. The Morgan fingerprint density at radius 3 is 3.05 bits per heavy atom. The molecule has 1 aromatic carbocycles. The molecule has 1 fully saturated rings. The van der Waals surface area contributed by atoms with Crippen molar-refractivity contribution in [3.8, 4) is 5.75 Å². The minimum atomic E-state index is 0.0414. The maximum absolute atomic E-state index is 12.3. The molecule has 20 heavy (non-hydrogen) atoms. The molecule has 2 atom stereocenters. The summed E-state index contributed by atoms with van der Waals surface area (Å²) in [6.07, 6.45) is 1.72. The van der Waals surface area contributed by atoms with Gasteiger partial charge in [0.1, 0.15) is 5.75 Å². The molecule has 1 aliphatic rings. The van der Waals surface area contributed by atoms with Crippen molar-refractivity contribution in [2.45, 2.75) is 32.7 Å². The van der Waals surface area contributed by atoms with Crippen molar-refractivity contribution < 1.29 is 9.53 Å². The fourth-order valence-corrected chi connectivity index (χ4v) is 2.66. The lowest BCUT2D eigenvalue weighted by molar-refractivity contribution is -0.120. The van der Waals surface area contributed by atoms with Crippen molar-refractivity contribution in [3.63, 3.8) is 0 Å². The summed E-state index contributed by atoms with van der Waals surface area (Å²) < 4.78 is 5.52. The number of carbonyl (C=O) groups excluding carboxylic acids is 1. The van der Waals surface area contributed by atoms with Crippen LogP contribution in [-0.4, -0.2) is 25.1 Å². The fourth-order valence-electron chi connectivity index (χ4n) is 2.49. The third-order valence-electron chi connectivity index (χ3n) is 3.49. The molecule has 0 aliphatic carbocycles. The molecular formula is C15H21ClN2O2. The maximum Gasteiger partial charge on any atom is 0.227 e. The lowest BCUT2D eigenvalue weighted by Crippen LogP contribution is -2.40. The minimum Gasteiger partial charge on any atom is -0.492 e. The predicted molar refractivity (Wildman–Crippen MR) is 81.4 cm³/mol. The van der Waals surface area contributed by atoms with Crippen LogP contribution in [0.15, 0.2) is 18.2 Å². The largest absolute Gasteiger partial charge is 0.492 e. The Hall–Kier alpha value is -1.26. The molecule has 0 radical (unpaired) electrons. The summed E-state index contributed by atoms with van der Waals surface area (Å²) in [5.41, 5.74) is 0.649. The molecule has 0 spiro atoms. The van der Waals surface area contributed by atoms with E-state index in [0.717, 1.165) is 19.4 Å². The van der Waals surface area contributed by atoms with Crippen molar-refractivity contribution >= 4 is 23.2 Å². The van der Waals surface area contributed by atoms with E-state index < -0.39 is 0 Å². The van der Waals surface area contributed by atoms with Gasteiger partial charge >= 0.3 is 0 Å². The standard InChI is InChI=1S/C15H21ClN2O2/c1-3-20-14-5-4-12(16)9-13(14)18-15(19)11-6-7-17-10(2)8-11/h4-5,9-11,17H,3,6-8H2,1-2H3,(H,18,19). The number of anilines is 1. The van der Waals surface area contributed by atoms with Crippen LogP contribution in [0.2, 0.25) is 5.02 Å². The summed E-state index contributed by atoms with van der Waals surface area (Å²) in [6.45, 7) is 5.45. The average molecular weight is 297 g/mol. The molecule has 0 bridgehead atoms. The molecule has 2 rings (SSSR count). The Bertz CT molecular complexity index is 479.